The molecule has 2 aliphatic heterocycles. The number of amides is 2. The number of piperidine rings is 2. The summed E-state index contributed by atoms with van der Waals surface area (Å²) in [7, 11) is 0. The van der Waals surface area contributed by atoms with Crippen molar-refractivity contribution in [2.75, 3.05) is 25.0 Å². The Hall–Kier alpha value is -2.95. The van der Waals surface area contributed by atoms with E-state index in [0.717, 1.165) is 11.3 Å². The van der Waals surface area contributed by atoms with E-state index in [1.54, 1.807) is 4.90 Å². The number of benzene rings is 1. The monoisotopic (exact) mass is 441 g/mol. The first-order valence-corrected chi connectivity index (χ1v) is 9.86. The van der Waals surface area contributed by atoms with Crippen LogP contribution in [0.4, 0.5) is 18.9 Å². The van der Waals surface area contributed by atoms with Crippen LogP contribution in [0.1, 0.15) is 37.2 Å². The topological polar surface area (TPSA) is 105 Å². The molecule has 3 rings (SSSR count). The molecule has 0 unspecified atom stereocenters. The van der Waals surface area contributed by atoms with Crippen molar-refractivity contribution in [3.8, 4) is 0 Å². The third-order valence-corrected chi connectivity index (χ3v) is 5.34. The Morgan fingerprint density at radius 2 is 1.74 bits per heavy atom. The number of ether oxygens (including phenoxy) is 1. The molecule has 2 N–H and O–H groups in total. The van der Waals surface area contributed by atoms with Gasteiger partial charge >= 0.3 is 18.1 Å². The largest absolute Gasteiger partial charge is 0.491 e. The van der Waals surface area contributed by atoms with Gasteiger partial charge in [-0.15, -0.1) is 0 Å². The van der Waals surface area contributed by atoms with Crippen molar-refractivity contribution in [3.05, 3.63) is 29.8 Å². The minimum Gasteiger partial charge on any atom is -0.385 e. The summed E-state index contributed by atoms with van der Waals surface area (Å²) < 4.78 is 40.2. The molecule has 0 bridgehead atoms. The molecule has 0 aromatic heterocycles. The fourth-order valence-electron chi connectivity index (χ4n) is 3.68. The Bertz CT molecular complexity index is 849. The molecule has 2 fully saturated rings. The van der Waals surface area contributed by atoms with E-state index < -0.39 is 24.2 Å². The lowest BCUT2D eigenvalue weighted by Gasteiger charge is -2.31. The van der Waals surface area contributed by atoms with Crippen LogP contribution in [0.2, 0.25) is 0 Å². The van der Waals surface area contributed by atoms with E-state index in [1.165, 1.54) is 0 Å². The summed E-state index contributed by atoms with van der Waals surface area (Å²) in [4.78, 5) is 46.9. The zero-order chi connectivity index (χ0) is 22.6. The lowest BCUT2D eigenvalue weighted by Crippen LogP contribution is -2.47. The normalized spacial score (nSPS) is 20.8. The number of nitrogens with one attached hydrogen (secondary N) is 2. The van der Waals surface area contributed by atoms with Crippen LogP contribution in [-0.2, 0) is 23.9 Å². The van der Waals surface area contributed by atoms with Crippen LogP contribution in [0.3, 0.4) is 0 Å². The maximum atomic E-state index is 12.1. The Morgan fingerprint density at radius 1 is 1.10 bits per heavy atom. The first kappa shape index (κ1) is 22.7. The van der Waals surface area contributed by atoms with Gasteiger partial charge in [-0.3, -0.25) is 24.6 Å². The van der Waals surface area contributed by atoms with Crippen LogP contribution in [0.15, 0.2) is 24.3 Å². The van der Waals surface area contributed by atoms with Gasteiger partial charge in [0, 0.05) is 12.1 Å². The smallest absolute Gasteiger partial charge is 0.385 e. The van der Waals surface area contributed by atoms with E-state index in [0.29, 0.717) is 32.4 Å². The minimum atomic E-state index is -5.19. The second-order valence-electron chi connectivity index (χ2n) is 7.58. The number of anilines is 1. The van der Waals surface area contributed by atoms with Gasteiger partial charge in [-0.2, -0.15) is 13.2 Å². The van der Waals surface area contributed by atoms with E-state index in [9.17, 15) is 32.3 Å². The molecule has 0 saturated carbocycles. The van der Waals surface area contributed by atoms with E-state index in [4.69, 9.17) is 0 Å². The molecule has 168 valence electrons. The SMILES string of the molecule is O=C1CC[C@@H](Nc2ccc(C3CCN(CC(=O)OC(=O)C(F)(F)F)CC3)cc2)C(=O)N1. The molecule has 0 spiro atoms. The van der Waals surface area contributed by atoms with E-state index in [1.807, 2.05) is 24.3 Å². The summed E-state index contributed by atoms with van der Waals surface area (Å²) in [6.45, 7) is 0.593. The number of esters is 2. The van der Waals surface area contributed by atoms with E-state index >= 15 is 0 Å². The van der Waals surface area contributed by atoms with Gasteiger partial charge in [0.05, 0.1) is 6.54 Å². The van der Waals surface area contributed by atoms with Gasteiger partial charge in [0.2, 0.25) is 11.8 Å². The summed E-state index contributed by atoms with van der Waals surface area (Å²) >= 11 is 0. The number of imide groups is 1. The number of nitrogens with zero attached hydrogens (tertiary/aromatic N) is 1. The molecule has 2 aliphatic rings. The third-order valence-electron chi connectivity index (χ3n) is 5.34. The second kappa shape index (κ2) is 9.46. The molecular weight excluding hydrogens is 419 g/mol. The van der Waals surface area contributed by atoms with Gasteiger partial charge in [-0.05, 0) is 56.0 Å². The van der Waals surface area contributed by atoms with Crippen LogP contribution in [0.25, 0.3) is 0 Å². The van der Waals surface area contributed by atoms with Crippen LogP contribution < -0.4 is 10.6 Å². The number of halogens is 3. The zero-order valence-corrected chi connectivity index (χ0v) is 16.5. The fraction of sp³-hybridized carbons (Fsp3) is 0.500. The van der Waals surface area contributed by atoms with Crippen molar-refractivity contribution in [3.63, 3.8) is 0 Å². The average Bonchev–Trinajstić information content (AvgIpc) is 2.70. The Morgan fingerprint density at radius 3 is 2.32 bits per heavy atom. The molecule has 2 heterocycles. The van der Waals surface area contributed by atoms with Crippen molar-refractivity contribution in [2.24, 2.45) is 0 Å². The maximum Gasteiger partial charge on any atom is 0.491 e. The predicted octanol–water partition coefficient (Wildman–Crippen LogP) is 1.72. The molecule has 11 heteroatoms. The van der Waals surface area contributed by atoms with E-state index in [-0.39, 0.29) is 30.7 Å². The lowest BCUT2D eigenvalue weighted by atomic mass is 9.89. The summed E-state index contributed by atoms with van der Waals surface area (Å²) in [5.74, 6) is -4.12. The number of rotatable bonds is 5. The first-order chi connectivity index (χ1) is 14.6. The zero-order valence-electron chi connectivity index (χ0n) is 16.5. The quantitative estimate of drug-likeness (QED) is 0.407. The number of likely N-dealkylation sites (tertiary alicyclic amines) is 1. The molecule has 0 radical (unpaired) electrons. The summed E-state index contributed by atoms with van der Waals surface area (Å²) in [6.07, 6.45) is -3.08. The second-order valence-corrected chi connectivity index (χ2v) is 7.58. The van der Waals surface area contributed by atoms with Crippen molar-refractivity contribution in [2.45, 2.75) is 43.8 Å². The molecule has 1 aromatic carbocycles. The van der Waals surface area contributed by atoms with Crippen molar-refractivity contribution >= 4 is 29.4 Å². The number of alkyl halides is 3. The number of hydrogen-bond donors (Lipinski definition) is 2. The van der Waals surface area contributed by atoms with Crippen molar-refractivity contribution in [1.82, 2.24) is 10.2 Å². The molecule has 2 amide bonds. The fourth-order valence-corrected chi connectivity index (χ4v) is 3.68. The molecule has 2 saturated heterocycles. The molecule has 1 atom stereocenters. The first-order valence-electron chi connectivity index (χ1n) is 9.86. The number of carbonyl (C=O) groups is 4. The van der Waals surface area contributed by atoms with Crippen LogP contribution in [0, 0.1) is 0 Å². The minimum absolute atomic E-state index is 0.216. The molecule has 1 aromatic rings. The Kier molecular flexibility index (Phi) is 6.94. The molecule has 8 nitrogen and oxygen atoms in total. The average molecular weight is 441 g/mol. The van der Waals surface area contributed by atoms with Gasteiger partial charge in [0.15, 0.2) is 0 Å². The summed E-state index contributed by atoms with van der Waals surface area (Å²) in [5, 5.41) is 5.40. The van der Waals surface area contributed by atoms with Crippen molar-refractivity contribution in [1.29, 1.82) is 0 Å². The summed E-state index contributed by atoms with van der Waals surface area (Å²) in [6, 6.07) is 7.11. The maximum absolute atomic E-state index is 12.1. The number of carbonyl (C=O) groups excluding carboxylic acids is 4. The van der Waals surface area contributed by atoms with Crippen LogP contribution in [-0.4, -0.2) is 60.5 Å². The highest BCUT2D eigenvalue weighted by Crippen LogP contribution is 2.29. The van der Waals surface area contributed by atoms with Gasteiger partial charge < -0.3 is 10.1 Å². The van der Waals surface area contributed by atoms with Gasteiger partial charge in [-0.25, -0.2) is 4.79 Å². The standard InChI is InChI=1S/C20H22F3N3O5/c21-20(22,23)19(30)31-17(28)11-26-9-7-13(8-10-26)12-1-3-14(4-2-12)24-15-5-6-16(27)25-18(15)29/h1-4,13,15,24H,5-11H2,(H,25,27,29)/t15-/m1/s1. The van der Waals surface area contributed by atoms with Crippen LogP contribution >= 0.6 is 0 Å². The Balaban J connectivity index is 1.45. The van der Waals surface area contributed by atoms with Crippen LogP contribution in [0.5, 0.6) is 0 Å². The highest BCUT2D eigenvalue weighted by molar-refractivity contribution is 6.01. The summed E-state index contributed by atoms with van der Waals surface area (Å²) in [5.41, 5.74) is 1.83. The van der Waals surface area contributed by atoms with Gasteiger partial charge in [-0.1, -0.05) is 12.1 Å². The molecule has 0 aliphatic carbocycles. The molecular formula is C20H22F3N3O5. The van der Waals surface area contributed by atoms with E-state index in [2.05, 4.69) is 15.4 Å². The van der Waals surface area contributed by atoms with Gasteiger partial charge in [0.1, 0.15) is 6.04 Å². The highest BCUT2D eigenvalue weighted by atomic mass is 19.4. The van der Waals surface area contributed by atoms with Gasteiger partial charge in [0.25, 0.3) is 0 Å². The van der Waals surface area contributed by atoms with Crippen molar-refractivity contribution < 1.29 is 37.1 Å². The number of hydrogen-bond acceptors (Lipinski definition) is 7. The predicted molar refractivity (Wildman–Crippen MR) is 102 cm³/mol. The highest BCUT2D eigenvalue weighted by Gasteiger charge is 2.42. The lowest BCUT2D eigenvalue weighted by molar-refractivity contribution is -0.202. The Labute approximate surface area is 176 Å². The third kappa shape index (κ3) is 6.27. The molecule has 31 heavy (non-hydrogen) atoms.